The largest absolute Gasteiger partial charge is 0.379 e. The summed E-state index contributed by atoms with van der Waals surface area (Å²) >= 11 is 1.88. The van der Waals surface area contributed by atoms with Gasteiger partial charge in [-0.25, -0.2) is 0 Å². The Morgan fingerprint density at radius 3 is 2.44 bits per heavy atom. The molecule has 0 spiro atoms. The normalized spacial score (nSPS) is 10.7. The molecular weight excluding hydrogens is 358 g/mol. The molecule has 0 radical (unpaired) electrons. The second-order valence-electron chi connectivity index (χ2n) is 6.09. The van der Waals surface area contributed by atoms with Crippen LogP contribution in [-0.4, -0.2) is 31.5 Å². The van der Waals surface area contributed by atoms with Crippen LogP contribution in [0.4, 0.5) is 0 Å². The van der Waals surface area contributed by atoms with Gasteiger partial charge in [-0.2, -0.15) is 11.8 Å². The van der Waals surface area contributed by atoms with E-state index in [1.54, 1.807) is 0 Å². The zero-order chi connectivity index (χ0) is 19.3. The van der Waals surface area contributed by atoms with Crippen LogP contribution in [-0.2, 0) is 28.4 Å². The summed E-state index contributed by atoms with van der Waals surface area (Å²) in [7, 11) is 0. The van der Waals surface area contributed by atoms with Crippen LogP contribution in [0.25, 0.3) is 0 Å². The molecule has 4 nitrogen and oxygen atoms in total. The minimum atomic E-state index is -0.0527. The third kappa shape index (κ3) is 8.16. The van der Waals surface area contributed by atoms with Crippen LogP contribution in [0.2, 0.25) is 0 Å². The van der Waals surface area contributed by atoms with Gasteiger partial charge in [0.25, 0.3) is 5.91 Å². The Kier molecular flexibility index (Phi) is 9.98. The van der Waals surface area contributed by atoms with Crippen LogP contribution >= 0.6 is 11.8 Å². The second-order valence-corrected chi connectivity index (χ2v) is 7.36. The van der Waals surface area contributed by atoms with E-state index in [-0.39, 0.29) is 5.91 Å². The lowest BCUT2D eigenvalue weighted by atomic mass is 10.1. The highest BCUT2D eigenvalue weighted by molar-refractivity contribution is 7.98. The van der Waals surface area contributed by atoms with Crippen molar-refractivity contribution < 1.29 is 14.3 Å². The van der Waals surface area contributed by atoms with E-state index < -0.39 is 0 Å². The van der Waals surface area contributed by atoms with Gasteiger partial charge in [0.05, 0.1) is 19.8 Å². The van der Waals surface area contributed by atoms with Crippen LogP contribution in [0, 0.1) is 0 Å². The monoisotopic (exact) mass is 387 g/mol. The lowest BCUT2D eigenvalue weighted by molar-refractivity contribution is 0.0453. The zero-order valence-electron chi connectivity index (χ0n) is 16.2. The van der Waals surface area contributed by atoms with Crippen molar-refractivity contribution >= 4 is 17.7 Å². The maximum atomic E-state index is 12.3. The van der Waals surface area contributed by atoms with Gasteiger partial charge in [-0.05, 0) is 41.5 Å². The van der Waals surface area contributed by atoms with Crippen molar-refractivity contribution in [3.63, 3.8) is 0 Å². The van der Waals surface area contributed by atoms with E-state index >= 15 is 0 Å². The van der Waals surface area contributed by atoms with Gasteiger partial charge in [-0.15, -0.1) is 0 Å². The molecule has 2 aromatic rings. The van der Waals surface area contributed by atoms with Crippen LogP contribution in [0.15, 0.2) is 48.5 Å². The van der Waals surface area contributed by atoms with Crippen molar-refractivity contribution in [2.75, 3.05) is 25.6 Å². The maximum Gasteiger partial charge on any atom is 0.251 e. The Balaban J connectivity index is 1.79. The molecule has 0 aliphatic rings. The van der Waals surface area contributed by atoms with Crippen LogP contribution in [0.3, 0.4) is 0 Å². The molecule has 2 rings (SSSR count). The van der Waals surface area contributed by atoms with Gasteiger partial charge in [0.1, 0.15) is 0 Å². The number of carbonyl (C=O) groups is 1. The van der Waals surface area contributed by atoms with Gasteiger partial charge in [0.2, 0.25) is 0 Å². The minimum Gasteiger partial charge on any atom is -0.379 e. The number of hydrogen-bond donors (Lipinski definition) is 1. The number of benzene rings is 2. The van der Waals surface area contributed by atoms with Gasteiger partial charge in [0, 0.05) is 24.5 Å². The standard InChI is InChI=1S/C22H29NO3S/c1-3-25-12-13-26-16-20-7-5-6-19(14-20)15-23-22(24)21-10-8-18(9-11-21)17-27-4-2/h5-11,14H,3-4,12-13,15-17H2,1-2H3,(H,23,24). The molecule has 1 N–H and O–H groups in total. The number of amides is 1. The highest BCUT2D eigenvalue weighted by atomic mass is 32.2. The van der Waals surface area contributed by atoms with Crippen molar-refractivity contribution in [1.29, 1.82) is 0 Å². The van der Waals surface area contributed by atoms with E-state index in [0.717, 1.165) is 22.6 Å². The highest BCUT2D eigenvalue weighted by Crippen LogP contribution is 2.13. The molecule has 0 bridgehead atoms. The summed E-state index contributed by atoms with van der Waals surface area (Å²) in [5.74, 6) is 2.03. The first-order chi connectivity index (χ1) is 13.2. The minimum absolute atomic E-state index is 0.0527. The van der Waals surface area contributed by atoms with E-state index in [1.165, 1.54) is 5.56 Å². The predicted molar refractivity (Wildman–Crippen MR) is 112 cm³/mol. The fraction of sp³-hybridized carbons (Fsp3) is 0.409. The molecule has 0 heterocycles. The van der Waals surface area contributed by atoms with Crippen LogP contribution in [0.1, 0.15) is 40.9 Å². The summed E-state index contributed by atoms with van der Waals surface area (Å²) in [6.45, 7) is 7.07. The van der Waals surface area contributed by atoms with Gasteiger partial charge in [-0.3, -0.25) is 4.79 Å². The Morgan fingerprint density at radius 2 is 1.70 bits per heavy atom. The summed E-state index contributed by atoms with van der Waals surface area (Å²) in [5.41, 5.74) is 4.09. The van der Waals surface area contributed by atoms with Gasteiger partial charge >= 0.3 is 0 Å². The number of nitrogens with one attached hydrogen (secondary N) is 1. The van der Waals surface area contributed by atoms with Crippen LogP contribution < -0.4 is 5.32 Å². The molecule has 0 saturated carbocycles. The smallest absolute Gasteiger partial charge is 0.251 e. The summed E-state index contributed by atoms with van der Waals surface area (Å²) in [6, 6.07) is 15.9. The molecule has 0 saturated heterocycles. The average Bonchev–Trinajstić information content (AvgIpc) is 2.71. The van der Waals surface area contributed by atoms with E-state index in [0.29, 0.717) is 38.5 Å². The van der Waals surface area contributed by atoms with Crippen molar-refractivity contribution in [1.82, 2.24) is 5.32 Å². The number of carbonyl (C=O) groups excluding carboxylic acids is 1. The molecule has 0 atom stereocenters. The summed E-state index contributed by atoms with van der Waals surface area (Å²) in [4.78, 5) is 12.3. The first kappa shape index (κ1) is 21.5. The molecule has 1 amide bonds. The summed E-state index contributed by atoms with van der Waals surface area (Å²) < 4.78 is 10.9. The molecule has 27 heavy (non-hydrogen) atoms. The van der Waals surface area contributed by atoms with E-state index in [9.17, 15) is 4.79 Å². The number of rotatable bonds is 12. The zero-order valence-corrected chi connectivity index (χ0v) is 17.0. The van der Waals surface area contributed by atoms with E-state index in [1.807, 2.05) is 61.2 Å². The fourth-order valence-electron chi connectivity index (χ4n) is 2.54. The third-order valence-electron chi connectivity index (χ3n) is 3.98. The van der Waals surface area contributed by atoms with E-state index in [4.69, 9.17) is 9.47 Å². The lowest BCUT2D eigenvalue weighted by Gasteiger charge is -2.09. The van der Waals surface area contributed by atoms with Crippen LogP contribution in [0.5, 0.6) is 0 Å². The quantitative estimate of drug-likeness (QED) is 0.548. The van der Waals surface area contributed by atoms with Gasteiger partial charge in [-0.1, -0.05) is 43.3 Å². The summed E-state index contributed by atoms with van der Waals surface area (Å²) in [5, 5.41) is 2.98. The topological polar surface area (TPSA) is 47.6 Å². The number of ether oxygens (including phenoxy) is 2. The SMILES string of the molecule is CCOCCOCc1cccc(CNC(=O)c2ccc(CSCC)cc2)c1. The maximum absolute atomic E-state index is 12.3. The Morgan fingerprint density at radius 1 is 0.963 bits per heavy atom. The number of thioether (sulfide) groups is 1. The lowest BCUT2D eigenvalue weighted by Crippen LogP contribution is -2.22. The second kappa shape index (κ2) is 12.5. The number of hydrogen-bond acceptors (Lipinski definition) is 4. The predicted octanol–water partition coefficient (Wildman–Crippen LogP) is 4.42. The Hall–Kier alpha value is -1.82. The Bertz CT molecular complexity index is 688. The molecule has 0 aromatic heterocycles. The van der Waals surface area contributed by atoms with Gasteiger partial charge in [0.15, 0.2) is 0 Å². The molecule has 5 heteroatoms. The van der Waals surface area contributed by atoms with Gasteiger partial charge < -0.3 is 14.8 Å². The Labute approximate surface area is 166 Å². The molecule has 146 valence electrons. The molecule has 0 aliphatic heterocycles. The third-order valence-corrected chi connectivity index (χ3v) is 4.92. The molecule has 0 unspecified atom stereocenters. The van der Waals surface area contributed by atoms with Crippen molar-refractivity contribution in [3.8, 4) is 0 Å². The molecule has 2 aromatic carbocycles. The van der Waals surface area contributed by atoms with E-state index in [2.05, 4.69) is 18.3 Å². The average molecular weight is 388 g/mol. The van der Waals surface area contributed by atoms with Crippen molar-refractivity contribution in [2.24, 2.45) is 0 Å². The first-order valence-electron chi connectivity index (χ1n) is 9.41. The van der Waals surface area contributed by atoms with Crippen molar-refractivity contribution in [2.45, 2.75) is 32.8 Å². The molecule has 0 fully saturated rings. The molecular formula is C22H29NO3S. The van der Waals surface area contributed by atoms with Crippen molar-refractivity contribution in [3.05, 3.63) is 70.8 Å². The first-order valence-corrected chi connectivity index (χ1v) is 10.6. The highest BCUT2D eigenvalue weighted by Gasteiger charge is 2.06. The fourth-order valence-corrected chi connectivity index (χ4v) is 3.17. The molecule has 0 aliphatic carbocycles. The summed E-state index contributed by atoms with van der Waals surface area (Å²) in [6.07, 6.45) is 0.